The van der Waals surface area contributed by atoms with E-state index in [1.165, 1.54) is 0 Å². The lowest BCUT2D eigenvalue weighted by Crippen LogP contribution is -2.17. The molecule has 2 rings (SSSR count). The van der Waals surface area contributed by atoms with Gasteiger partial charge in [-0.25, -0.2) is 9.97 Å². The van der Waals surface area contributed by atoms with Gasteiger partial charge in [0.1, 0.15) is 6.10 Å². The van der Waals surface area contributed by atoms with Crippen LogP contribution in [-0.4, -0.2) is 40.8 Å². The molecular weight excluding hydrogens is 368 g/mol. The Labute approximate surface area is 174 Å². The quantitative estimate of drug-likeness (QED) is 0.573. The summed E-state index contributed by atoms with van der Waals surface area (Å²) >= 11 is 0. The van der Waals surface area contributed by atoms with Crippen LogP contribution in [0.1, 0.15) is 60.1 Å². The summed E-state index contributed by atoms with van der Waals surface area (Å²) in [5.41, 5.74) is 2.36. The largest absolute Gasteiger partial charge is 0.477 e. The summed E-state index contributed by atoms with van der Waals surface area (Å²) in [4.78, 5) is 14.2. The molecule has 0 bridgehead atoms. The van der Waals surface area contributed by atoms with Crippen LogP contribution in [0.3, 0.4) is 0 Å². The number of nitrogens with one attached hydrogen (secondary N) is 1. The third kappa shape index (κ3) is 5.71. The molecule has 0 radical (unpaired) electrons. The maximum Gasteiger partial charge on any atom is 0.257 e. The molecule has 7 nitrogen and oxygen atoms in total. The summed E-state index contributed by atoms with van der Waals surface area (Å²) in [6.45, 7) is 12.6. The van der Waals surface area contributed by atoms with E-state index < -0.39 is 0 Å². The summed E-state index contributed by atoms with van der Waals surface area (Å²) in [7, 11) is 1.82. The lowest BCUT2D eigenvalue weighted by Gasteiger charge is -2.19. The van der Waals surface area contributed by atoms with Gasteiger partial charge < -0.3 is 19.5 Å². The van der Waals surface area contributed by atoms with E-state index in [0.717, 1.165) is 29.8 Å². The molecule has 7 heteroatoms. The molecule has 160 valence electrons. The maximum absolute atomic E-state index is 6.11. The van der Waals surface area contributed by atoms with Gasteiger partial charge in [0.05, 0.1) is 29.7 Å². The van der Waals surface area contributed by atoms with Crippen molar-refractivity contribution >= 4 is 5.82 Å². The number of hydrogen-bond acceptors (Lipinski definition) is 7. The molecule has 2 heterocycles. The lowest BCUT2D eigenvalue weighted by molar-refractivity contribution is 0.185. The van der Waals surface area contributed by atoms with Gasteiger partial charge in [0.2, 0.25) is 11.8 Å². The van der Waals surface area contributed by atoms with Crippen molar-refractivity contribution in [1.82, 2.24) is 15.0 Å². The molecule has 0 aliphatic carbocycles. The third-order valence-electron chi connectivity index (χ3n) is 4.42. The van der Waals surface area contributed by atoms with Crippen molar-refractivity contribution in [2.45, 2.75) is 73.0 Å². The van der Waals surface area contributed by atoms with Crippen molar-refractivity contribution in [3.05, 3.63) is 17.8 Å². The number of pyridine rings is 1. The highest BCUT2D eigenvalue weighted by Crippen LogP contribution is 2.35. The van der Waals surface area contributed by atoms with Gasteiger partial charge in [0.15, 0.2) is 5.82 Å². The average Bonchev–Trinajstić information content (AvgIpc) is 2.71. The topological polar surface area (TPSA) is 78.4 Å². The predicted molar refractivity (Wildman–Crippen MR) is 116 cm³/mol. The first-order valence-corrected chi connectivity index (χ1v) is 10.5. The summed E-state index contributed by atoms with van der Waals surface area (Å²) in [5, 5.41) is 3.12. The van der Waals surface area contributed by atoms with Crippen LogP contribution in [0.5, 0.6) is 17.6 Å². The Kier molecular flexibility index (Phi) is 8.49. The van der Waals surface area contributed by atoms with Crippen LogP contribution in [0.4, 0.5) is 5.82 Å². The maximum atomic E-state index is 6.11. The van der Waals surface area contributed by atoms with Gasteiger partial charge in [-0.15, -0.1) is 0 Å². The molecule has 0 atom stereocenters. The third-order valence-corrected chi connectivity index (χ3v) is 4.42. The SMILES string of the molecule is CCOc1nc(OC(C)C)ccc1-c1nc(NC)c(OC(CC)CC)nc1CC. The van der Waals surface area contributed by atoms with E-state index in [2.05, 4.69) is 31.1 Å². The molecule has 0 saturated heterocycles. The second-order valence-electron chi connectivity index (χ2n) is 6.93. The van der Waals surface area contributed by atoms with E-state index in [1.807, 2.05) is 40.0 Å². The highest BCUT2D eigenvalue weighted by molar-refractivity contribution is 5.70. The normalized spacial score (nSPS) is 11.1. The first-order chi connectivity index (χ1) is 14.0. The zero-order chi connectivity index (χ0) is 21.4. The van der Waals surface area contributed by atoms with Crippen LogP contribution >= 0.6 is 0 Å². The minimum atomic E-state index is 0.0335. The van der Waals surface area contributed by atoms with Crippen LogP contribution in [0, 0.1) is 0 Å². The number of anilines is 1. The first kappa shape index (κ1) is 22.7. The van der Waals surface area contributed by atoms with E-state index in [4.69, 9.17) is 24.2 Å². The lowest BCUT2D eigenvalue weighted by atomic mass is 10.1. The van der Waals surface area contributed by atoms with Gasteiger partial charge in [-0.3, -0.25) is 0 Å². The minimum absolute atomic E-state index is 0.0335. The standard InChI is InChI=1S/C22H34N4O3/c1-8-15(9-2)29-22-20(23-7)26-19(17(10-3)24-22)16-12-13-18(28-14(5)6)25-21(16)27-11-4/h12-15H,8-11H2,1-7H3,(H,23,26). The summed E-state index contributed by atoms with van der Waals surface area (Å²) < 4.78 is 17.6. The minimum Gasteiger partial charge on any atom is -0.477 e. The highest BCUT2D eigenvalue weighted by atomic mass is 16.5. The fraction of sp³-hybridized carbons (Fsp3) is 0.591. The van der Waals surface area contributed by atoms with Gasteiger partial charge in [-0.2, -0.15) is 4.98 Å². The first-order valence-electron chi connectivity index (χ1n) is 10.5. The Morgan fingerprint density at radius 2 is 1.66 bits per heavy atom. The molecule has 0 fully saturated rings. The van der Waals surface area contributed by atoms with Crippen LogP contribution in [-0.2, 0) is 6.42 Å². The molecule has 29 heavy (non-hydrogen) atoms. The van der Waals surface area contributed by atoms with Crippen LogP contribution in [0.2, 0.25) is 0 Å². The summed E-state index contributed by atoms with van der Waals surface area (Å²) in [6.07, 6.45) is 2.69. The van der Waals surface area contributed by atoms with Crippen molar-refractivity contribution < 1.29 is 14.2 Å². The second kappa shape index (κ2) is 10.8. The van der Waals surface area contributed by atoms with Crippen LogP contribution in [0.25, 0.3) is 11.3 Å². The zero-order valence-corrected chi connectivity index (χ0v) is 18.7. The molecule has 0 spiro atoms. The van der Waals surface area contributed by atoms with E-state index in [-0.39, 0.29) is 12.2 Å². The number of rotatable bonds is 11. The monoisotopic (exact) mass is 402 g/mol. The van der Waals surface area contributed by atoms with Gasteiger partial charge in [0, 0.05) is 13.1 Å². The summed E-state index contributed by atoms with van der Waals surface area (Å²) in [5.74, 6) is 2.16. The number of ether oxygens (including phenoxy) is 3. The Morgan fingerprint density at radius 3 is 2.21 bits per heavy atom. The average molecular weight is 403 g/mol. The van der Waals surface area contributed by atoms with Gasteiger partial charge in [-0.05, 0) is 46.1 Å². The molecule has 1 N–H and O–H groups in total. The van der Waals surface area contributed by atoms with Crippen LogP contribution in [0.15, 0.2) is 12.1 Å². The summed E-state index contributed by atoms with van der Waals surface area (Å²) in [6, 6.07) is 3.77. The fourth-order valence-corrected chi connectivity index (χ4v) is 2.93. The number of aryl methyl sites for hydroxylation is 1. The number of nitrogens with zero attached hydrogens (tertiary/aromatic N) is 3. The Morgan fingerprint density at radius 1 is 0.931 bits per heavy atom. The van der Waals surface area contributed by atoms with Crippen molar-refractivity contribution in [3.63, 3.8) is 0 Å². The van der Waals surface area contributed by atoms with E-state index in [1.54, 1.807) is 0 Å². The Balaban J connectivity index is 2.55. The van der Waals surface area contributed by atoms with Gasteiger partial charge >= 0.3 is 0 Å². The van der Waals surface area contributed by atoms with Gasteiger partial charge in [-0.1, -0.05) is 20.8 Å². The van der Waals surface area contributed by atoms with Gasteiger partial charge in [0.25, 0.3) is 5.88 Å². The fourth-order valence-electron chi connectivity index (χ4n) is 2.93. The molecule has 0 unspecified atom stereocenters. The molecular formula is C22H34N4O3. The van der Waals surface area contributed by atoms with Crippen molar-refractivity contribution in [1.29, 1.82) is 0 Å². The molecule has 2 aromatic heterocycles. The molecule has 0 aromatic carbocycles. The molecule has 0 aliphatic heterocycles. The highest BCUT2D eigenvalue weighted by Gasteiger charge is 2.21. The van der Waals surface area contributed by atoms with E-state index in [0.29, 0.717) is 36.5 Å². The second-order valence-corrected chi connectivity index (χ2v) is 6.93. The zero-order valence-electron chi connectivity index (χ0n) is 18.7. The smallest absolute Gasteiger partial charge is 0.257 e. The van der Waals surface area contributed by atoms with Crippen molar-refractivity contribution in [2.75, 3.05) is 19.0 Å². The van der Waals surface area contributed by atoms with E-state index >= 15 is 0 Å². The molecule has 2 aromatic rings. The molecule has 0 amide bonds. The number of aromatic nitrogens is 3. The van der Waals surface area contributed by atoms with E-state index in [9.17, 15) is 0 Å². The number of hydrogen-bond donors (Lipinski definition) is 1. The van der Waals surface area contributed by atoms with Crippen molar-refractivity contribution in [3.8, 4) is 28.9 Å². The Hall–Kier alpha value is -2.57. The van der Waals surface area contributed by atoms with Crippen LogP contribution < -0.4 is 19.5 Å². The van der Waals surface area contributed by atoms with Crippen molar-refractivity contribution in [2.24, 2.45) is 0 Å². The Bertz CT molecular complexity index is 792. The predicted octanol–water partition coefficient (Wildman–Crippen LogP) is 4.90. The molecule has 0 saturated carbocycles. The molecule has 0 aliphatic rings.